The van der Waals surface area contributed by atoms with E-state index in [2.05, 4.69) is 4.98 Å². The average Bonchev–Trinajstić information content (AvgIpc) is 2.50. The van der Waals surface area contributed by atoms with E-state index < -0.39 is 6.43 Å². The SMILES string of the molecule is CC(N)c1nc(CN(C)CC(F)F)cs1. The molecule has 86 valence electrons. The summed E-state index contributed by atoms with van der Waals surface area (Å²) in [5, 5.41) is 2.70. The van der Waals surface area contributed by atoms with Crippen molar-refractivity contribution in [3.63, 3.8) is 0 Å². The first kappa shape index (κ1) is 12.5. The highest BCUT2D eigenvalue weighted by atomic mass is 32.1. The van der Waals surface area contributed by atoms with Crippen molar-refractivity contribution in [1.82, 2.24) is 9.88 Å². The van der Waals surface area contributed by atoms with E-state index in [9.17, 15) is 8.78 Å². The summed E-state index contributed by atoms with van der Waals surface area (Å²) in [4.78, 5) is 5.81. The first-order chi connectivity index (χ1) is 6.99. The quantitative estimate of drug-likeness (QED) is 0.847. The third kappa shape index (κ3) is 4.19. The summed E-state index contributed by atoms with van der Waals surface area (Å²) in [6, 6.07) is -0.0934. The second-order valence-corrected chi connectivity index (χ2v) is 4.44. The second kappa shape index (κ2) is 5.48. The standard InChI is InChI=1S/C9H15F2N3S/c1-6(12)9-13-7(5-15-9)3-14(2)4-8(10)11/h5-6,8H,3-4,12H2,1-2H3. The zero-order valence-corrected chi connectivity index (χ0v) is 9.60. The molecule has 0 spiro atoms. The van der Waals surface area contributed by atoms with E-state index in [-0.39, 0.29) is 12.6 Å². The smallest absolute Gasteiger partial charge is 0.251 e. The Bertz CT molecular complexity index is 301. The van der Waals surface area contributed by atoms with E-state index in [1.54, 1.807) is 11.9 Å². The zero-order chi connectivity index (χ0) is 11.4. The number of hydrogen-bond acceptors (Lipinski definition) is 4. The lowest BCUT2D eigenvalue weighted by Crippen LogP contribution is -2.24. The van der Waals surface area contributed by atoms with Gasteiger partial charge in [0.1, 0.15) is 5.01 Å². The summed E-state index contributed by atoms with van der Waals surface area (Å²) in [7, 11) is 1.65. The predicted octanol–water partition coefficient (Wildman–Crippen LogP) is 1.86. The maximum Gasteiger partial charge on any atom is 0.251 e. The fourth-order valence-corrected chi connectivity index (χ4v) is 1.95. The first-order valence-electron chi connectivity index (χ1n) is 4.65. The van der Waals surface area contributed by atoms with Crippen LogP contribution in [-0.4, -0.2) is 29.9 Å². The van der Waals surface area contributed by atoms with E-state index in [4.69, 9.17) is 5.73 Å². The van der Waals surface area contributed by atoms with Crippen LogP contribution < -0.4 is 5.73 Å². The molecule has 1 rings (SSSR count). The van der Waals surface area contributed by atoms with E-state index in [0.29, 0.717) is 6.54 Å². The minimum Gasteiger partial charge on any atom is -0.322 e. The Labute approximate surface area is 91.9 Å². The van der Waals surface area contributed by atoms with Crippen LogP contribution in [0.4, 0.5) is 8.78 Å². The number of nitrogens with two attached hydrogens (primary N) is 1. The third-order valence-corrected chi connectivity index (χ3v) is 2.94. The van der Waals surface area contributed by atoms with Gasteiger partial charge in [0.15, 0.2) is 0 Å². The van der Waals surface area contributed by atoms with Crippen LogP contribution in [0.25, 0.3) is 0 Å². The van der Waals surface area contributed by atoms with Gasteiger partial charge in [-0.05, 0) is 14.0 Å². The lowest BCUT2D eigenvalue weighted by atomic mass is 10.4. The summed E-state index contributed by atoms with van der Waals surface area (Å²) < 4.78 is 24.1. The molecule has 1 aromatic rings. The number of thiazole rings is 1. The van der Waals surface area contributed by atoms with Gasteiger partial charge in [-0.2, -0.15) is 0 Å². The van der Waals surface area contributed by atoms with Gasteiger partial charge in [-0.3, -0.25) is 4.90 Å². The molecule has 0 saturated heterocycles. The summed E-state index contributed by atoms with van der Waals surface area (Å²) in [5.74, 6) is 0. The topological polar surface area (TPSA) is 42.1 Å². The van der Waals surface area contributed by atoms with Gasteiger partial charge in [-0.25, -0.2) is 13.8 Å². The molecule has 1 heterocycles. The van der Waals surface area contributed by atoms with Crippen LogP contribution >= 0.6 is 11.3 Å². The van der Waals surface area contributed by atoms with Gasteiger partial charge < -0.3 is 5.73 Å². The molecule has 15 heavy (non-hydrogen) atoms. The summed E-state index contributed by atoms with van der Waals surface area (Å²) >= 11 is 1.47. The molecule has 2 N–H and O–H groups in total. The molecule has 0 aromatic carbocycles. The number of nitrogens with zero attached hydrogens (tertiary/aromatic N) is 2. The number of hydrogen-bond donors (Lipinski definition) is 1. The Morgan fingerprint density at radius 2 is 2.27 bits per heavy atom. The van der Waals surface area contributed by atoms with Gasteiger partial charge in [-0.1, -0.05) is 0 Å². The van der Waals surface area contributed by atoms with E-state index in [1.807, 2.05) is 12.3 Å². The van der Waals surface area contributed by atoms with Crippen LogP contribution in [0.1, 0.15) is 23.7 Å². The largest absolute Gasteiger partial charge is 0.322 e. The second-order valence-electron chi connectivity index (χ2n) is 3.55. The molecule has 0 bridgehead atoms. The highest BCUT2D eigenvalue weighted by Gasteiger charge is 2.11. The lowest BCUT2D eigenvalue weighted by molar-refractivity contribution is 0.0971. The molecule has 1 atom stereocenters. The van der Waals surface area contributed by atoms with Gasteiger partial charge in [0.05, 0.1) is 18.3 Å². The Morgan fingerprint density at radius 3 is 2.73 bits per heavy atom. The van der Waals surface area contributed by atoms with E-state index in [0.717, 1.165) is 10.7 Å². The molecule has 1 aromatic heterocycles. The van der Waals surface area contributed by atoms with Crippen molar-refractivity contribution in [2.45, 2.75) is 25.9 Å². The van der Waals surface area contributed by atoms with Crippen molar-refractivity contribution in [3.8, 4) is 0 Å². The molecule has 3 nitrogen and oxygen atoms in total. The first-order valence-corrected chi connectivity index (χ1v) is 5.53. The van der Waals surface area contributed by atoms with Gasteiger partial charge in [0.25, 0.3) is 6.43 Å². The van der Waals surface area contributed by atoms with Crippen molar-refractivity contribution < 1.29 is 8.78 Å². The molecule has 0 aliphatic carbocycles. The van der Waals surface area contributed by atoms with E-state index >= 15 is 0 Å². The number of halogens is 2. The van der Waals surface area contributed by atoms with Crippen molar-refractivity contribution in [2.75, 3.05) is 13.6 Å². The average molecular weight is 235 g/mol. The number of aromatic nitrogens is 1. The van der Waals surface area contributed by atoms with Crippen LogP contribution in [0, 0.1) is 0 Å². The van der Waals surface area contributed by atoms with Gasteiger partial charge in [-0.15, -0.1) is 11.3 Å². The molecule has 0 amide bonds. The fraction of sp³-hybridized carbons (Fsp3) is 0.667. The van der Waals surface area contributed by atoms with Crippen molar-refractivity contribution in [3.05, 3.63) is 16.1 Å². The van der Waals surface area contributed by atoms with Crippen LogP contribution in [0.3, 0.4) is 0 Å². The van der Waals surface area contributed by atoms with Crippen molar-refractivity contribution >= 4 is 11.3 Å². The normalized spacial score (nSPS) is 13.8. The number of alkyl halides is 2. The van der Waals surface area contributed by atoms with Gasteiger partial charge >= 0.3 is 0 Å². The summed E-state index contributed by atoms with van der Waals surface area (Å²) in [5.41, 5.74) is 6.45. The molecular weight excluding hydrogens is 220 g/mol. The predicted molar refractivity (Wildman–Crippen MR) is 57.1 cm³/mol. The molecule has 0 radical (unpaired) electrons. The van der Waals surface area contributed by atoms with E-state index in [1.165, 1.54) is 11.3 Å². The van der Waals surface area contributed by atoms with Gasteiger partial charge in [0.2, 0.25) is 0 Å². The molecule has 0 saturated carbocycles. The molecule has 0 aliphatic rings. The molecule has 6 heteroatoms. The molecule has 1 unspecified atom stereocenters. The highest BCUT2D eigenvalue weighted by Crippen LogP contribution is 2.16. The highest BCUT2D eigenvalue weighted by molar-refractivity contribution is 7.09. The Hall–Kier alpha value is -0.590. The maximum atomic E-state index is 12.0. The van der Waals surface area contributed by atoms with Gasteiger partial charge in [0, 0.05) is 11.9 Å². The van der Waals surface area contributed by atoms with Crippen molar-refractivity contribution in [1.29, 1.82) is 0 Å². The van der Waals surface area contributed by atoms with Crippen LogP contribution in [0.2, 0.25) is 0 Å². The zero-order valence-electron chi connectivity index (χ0n) is 8.78. The Morgan fingerprint density at radius 1 is 1.60 bits per heavy atom. The lowest BCUT2D eigenvalue weighted by Gasteiger charge is -2.13. The van der Waals surface area contributed by atoms with Crippen LogP contribution in [0.5, 0.6) is 0 Å². The third-order valence-electron chi connectivity index (χ3n) is 1.84. The van der Waals surface area contributed by atoms with Crippen LogP contribution in [-0.2, 0) is 6.54 Å². The molecular formula is C9H15F2N3S. The maximum absolute atomic E-state index is 12.0. The minimum absolute atomic E-state index is 0.0934. The molecule has 0 aliphatic heterocycles. The molecule has 0 fully saturated rings. The summed E-state index contributed by atoms with van der Waals surface area (Å²) in [6.45, 7) is 2.06. The van der Waals surface area contributed by atoms with Crippen LogP contribution in [0.15, 0.2) is 5.38 Å². The Kier molecular flexibility index (Phi) is 4.56. The Balaban J connectivity index is 2.49. The van der Waals surface area contributed by atoms with Crippen molar-refractivity contribution in [2.24, 2.45) is 5.73 Å². The number of rotatable bonds is 5. The summed E-state index contributed by atoms with van der Waals surface area (Å²) in [6.07, 6.45) is -2.30. The minimum atomic E-state index is -2.30. The fourth-order valence-electron chi connectivity index (χ4n) is 1.18. The monoisotopic (exact) mass is 235 g/mol.